The molecule has 7 heteroatoms. The summed E-state index contributed by atoms with van der Waals surface area (Å²) in [6.07, 6.45) is 5.30. The first-order chi connectivity index (χ1) is 9.11. The molecular formula is C12H12ClN3OS2. The highest BCUT2D eigenvalue weighted by Crippen LogP contribution is 2.34. The van der Waals surface area contributed by atoms with Crippen LogP contribution >= 0.6 is 34.7 Å². The number of nitrogens with zero attached hydrogens (tertiary/aromatic N) is 2. The second-order valence-corrected chi connectivity index (χ2v) is 6.28. The minimum atomic E-state index is -0.125. The monoisotopic (exact) mass is 313 g/mol. The molecule has 1 atom stereocenters. The van der Waals surface area contributed by atoms with Crippen LogP contribution in [0.2, 0.25) is 5.15 Å². The van der Waals surface area contributed by atoms with Crippen molar-refractivity contribution in [3.05, 3.63) is 29.7 Å². The molecule has 0 aromatic carbocycles. The molecule has 0 saturated carbocycles. The second-order valence-electron chi connectivity index (χ2n) is 3.75. The van der Waals surface area contributed by atoms with E-state index < -0.39 is 0 Å². The van der Waals surface area contributed by atoms with Crippen LogP contribution in [0.1, 0.15) is 6.92 Å². The van der Waals surface area contributed by atoms with Crippen LogP contribution in [0, 0.1) is 0 Å². The Hall–Kier alpha value is -1.11. The van der Waals surface area contributed by atoms with Gasteiger partial charge in [-0.1, -0.05) is 22.9 Å². The van der Waals surface area contributed by atoms with Crippen molar-refractivity contribution in [3.63, 3.8) is 0 Å². The first kappa shape index (κ1) is 14.3. The minimum Gasteiger partial charge on any atom is -0.314 e. The second kappa shape index (κ2) is 6.36. The summed E-state index contributed by atoms with van der Waals surface area (Å²) in [5.74, 6) is -0.0733. The van der Waals surface area contributed by atoms with E-state index in [-0.39, 0.29) is 11.2 Å². The third-order valence-electron chi connectivity index (χ3n) is 2.45. The number of thiazole rings is 1. The zero-order chi connectivity index (χ0) is 13.8. The first-order valence-electron chi connectivity index (χ1n) is 5.52. The fraction of sp³-hybridized carbons (Fsp3) is 0.250. The number of halogens is 1. The van der Waals surface area contributed by atoms with Gasteiger partial charge in [0.05, 0.1) is 5.25 Å². The molecule has 0 saturated heterocycles. The average molecular weight is 314 g/mol. The van der Waals surface area contributed by atoms with Crippen molar-refractivity contribution in [2.24, 2.45) is 0 Å². The molecule has 2 aromatic rings. The topological polar surface area (TPSA) is 54.9 Å². The lowest BCUT2D eigenvalue weighted by atomic mass is 10.3. The third kappa shape index (κ3) is 3.46. The van der Waals surface area contributed by atoms with Gasteiger partial charge >= 0.3 is 0 Å². The van der Waals surface area contributed by atoms with Gasteiger partial charge in [0.2, 0.25) is 5.91 Å². The van der Waals surface area contributed by atoms with Gasteiger partial charge in [0.25, 0.3) is 0 Å². The Balaban J connectivity index is 2.20. The molecule has 0 aliphatic rings. The summed E-state index contributed by atoms with van der Waals surface area (Å²) in [6, 6.07) is 3.73. The fourth-order valence-corrected chi connectivity index (χ4v) is 2.73. The van der Waals surface area contributed by atoms with Crippen LogP contribution in [0.15, 0.2) is 24.5 Å². The van der Waals surface area contributed by atoms with E-state index in [1.807, 2.05) is 25.3 Å². The van der Waals surface area contributed by atoms with Gasteiger partial charge in [0.15, 0.2) is 5.15 Å². The van der Waals surface area contributed by atoms with Gasteiger partial charge in [-0.3, -0.25) is 9.78 Å². The van der Waals surface area contributed by atoms with E-state index in [4.69, 9.17) is 11.6 Å². The molecule has 1 N–H and O–H groups in total. The number of carbonyl (C=O) groups is 1. The maximum absolute atomic E-state index is 11.8. The van der Waals surface area contributed by atoms with Crippen LogP contribution in [0.4, 0.5) is 5.00 Å². The highest BCUT2D eigenvalue weighted by Gasteiger charge is 2.16. The molecule has 2 aromatic heterocycles. The van der Waals surface area contributed by atoms with Crippen molar-refractivity contribution in [2.45, 2.75) is 12.2 Å². The standard InChI is InChI=1S/C12H12ClN3OS2/c1-7(18-2)10(17)16-12-9(13)15-11(19-12)8-4-3-5-14-6-8/h3-7H,1-2H3,(H,16,17). The van der Waals surface area contributed by atoms with Gasteiger partial charge in [0, 0.05) is 18.0 Å². The summed E-state index contributed by atoms with van der Waals surface area (Å²) in [5, 5.41) is 4.30. The third-order valence-corrected chi connectivity index (χ3v) is 4.78. The zero-order valence-electron chi connectivity index (χ0n) is 10.4. The van der Waals surface area contributed by atoms with Gasteiger partial charge in [-0.2, -0.15) is 11.8 Å². The Bertz CT molecular complexity index is 574. The quantitative estimate of drug-likeness (QED) is 0.938. The van der Waals surface area contributed by atoms with E-state index in [1.165, 1.54) is 23.1 Å². The maximum atomic E-state index is 11.8. The number of carbonyl (C=O) groups excluding carboxylic acids is 1. The highest BCUT2D eigenvalue weighted by molar-refractivity contribution is 7.99. The lowest BCUT2D eigenvalue weighted by molar-refractivity contribution is -0.115. The van der Waals surface area contributed by atoms with E-state index in [9.17, 15) is 4.79 Å². The van der Waals surface area contributed by atoms with Crippen LogP contribution in [0.3, 0.4) is 0 Å². The van der Waals surface area contributed by atoms with Crippen molar-refractivity contribution in [1.29, 1.82) is 0 Å². The summed E-state index contributed by atoms with van der Waals surface area (Å²) >= 11 is 8.87. The molecule has 19 heavy (non-hydrogen) atoms. The summed E-state index contributed by atoms with van der Waals surface area (Å²) in [6.45, 7) is 1.84. The number of pyridine rings is 1. The fourth-order valence-electron chi connectivity index (χ4n) is 1.31. The molecule has 2 rings (SSSR count). The number of thioether (sulfide) groups is 1. The number of aromatic nitrogens is 2. The van der Waals surface area contributed by atoms with Crippen molar-refractivity contribution < 1.29 is 4.79 Å². The molecule has 100 valence electrons. The van der Waals surface area contributed by atoms with E-state index in [2.05, 4.69) is 15.3 Å². The SMILES string of the molecule is CSC(C)C(=O)Nc1sc(-c2cccnc2)nc1Cl. The molecule has 2 heterocycles. The molecule has 4 nitrogen and oxygen atoms in total. The van der Waals surface area contributed by atoms with Crippen LogP contribution in [-0.2, 0) is 4.79 Å². The molecule has 0 aliphatic carbocycles. The van der Waals surface area contributed by atoms with Gasteiger partial charge < -0.3 is 5.32 Å². The van der Waals surface area contributed by atoms with Crippen molar-refractivity contribution >= 4 is 45.6 Å². The highest BCUT2D eigenvalue weighted by atomic mass is 35.5. The largest absolute Gasteiger partial charge is 0.314 e. The summed E-state index contributed by atoms with van der Waals surface area (Å²) < 4.78 is 0. The van der Waals surface area contributed by atoms with Crippen LogP contribution < -0.4 is 5.32 Å². The molecule has 0 spiro atoms. The Labute approximate surface area is 124 Å². The van der Waals surface area contributed by atoms with Crippen molar-refractivity contribution in [2.75, 3.05) is 11.6 Å². The van der Waals surface area contributed by atoms with Gasteiger partial charge in [-0.15, -0.1) is 0 Å². The minimum absolute atomic E-state index is 0.0733. The zero-order valence-corrected chi connectivity index (χ0v) is 12.8. The Kier molecular flexibility index (Phi) is 4.79. The summed E-state index contributed by atoms with van der Waals surface area (Å²) in [4.78, 5) is 20.1. The number of hydrogen-bond acceptors (Lipinski definition) is 5. The average Bonchev–Trinajstić information content (AvgIpc) is 2.80. The smallest absolute Gasteiger partial charge is 0.237 e. The summed E-state index contributed by atoms with van der Waals surface area (Å²) in [7, 11) is 0. The predicted octanol–water partition coefficient (Wildman–Crippen LogP) is 3.55. The number of nitrogens with one attached hydrogen (secondary N) is 1. The van der Waals surface area contributed by atoms with Crippen LogP contribution in [0.25, 0.3) is 10.6 Å². The molecule has 0 bridgehead atoms. The van der Waals surface area contributed by atoms with Crippen molar-refractivity contribution in [3.8, 4) is 10.6 Å². The normalized spacial score (nSPS) is 12.2. The van der Waals surface area contributed by atoms with Crippen molar-refractivity contribution in [1.82, 2.24) is 9.97 Å². The number of amides is 1. The lowest BCUT2D eigenvalue weighted by Gasteiger charge is -2.07. The first-order valence-corrected chi connectivity index (χ1v) is 8.00. The predicted molar refractivity (Wildman–Crippen MR) is 82.0 cm³/mol. The molecule has 1 unspecified atom stereocenters. The Morgan fingerprint density at radius 1 is 1.58 bits per heavy atom. The van der Waals surface area contributed by atoms with Gasteiger partial charge in [-0.25, -0.2) is 4.98 Å². The van der Waals surface area contributed by atoms with E-state index in [0.717, 1.165) is 10.6 Å². The maximum Gasteiger partial charge on any atom is 0.237 e. The number of hydrogen-bond donors (Lipinski definition) is 1. The van der Waals surface area contributed by atoms with Gasteiger partial charge in [-0.05, 0) is 25.3 Å². The molecule has 0 aliphatic heterocycles. The number of rotatable bonds is 4. The molecule has 0 fully saturated rings. The lowest BCUT2D eigenvalue weighted by Crippen LogP contribution is -2.21. The summed E-state index contributed by atoms with van der Waals surface area (Å²) in [5.41, 5.74) is 0.882. The number of anilines is 1. The van der Waals surface area contributed by atoms with Gasteiger partial charge in [0.1, 0.15) is 10.0 Å². The van der Waals surface area contributed by atoms with Crippen LogP contribution in [-0.4, -0.2) is 27.4 Å². The molecule has 0 radical (unpaired) electrons. The van der Waals surface area contributed by atoms with E-state index in [0.29, 0.717) is 10.2 Å². The Morgan fingerprint density at radius 3 is 3.00 bits per heavy atom. The van der Waals surface area contributed by atoms with Crippen LogP contribution in [0.5, 0.6) is 0 Å². The molecule has 1 amide bonds. The van der Waals surface area contributed by atoms with E-state index in [1.54, 1.807) is 12.4 Å². The molecular weight excluding hydrogens is 302 g/mol. The Morgan fingerprint density at radius 2 is 2.37 bits per heavy atom. The van der Waals surface area contributed by atoms with E-state index >= 15 is 0 Å².